The van der Waals surface area contributed by atoms with Gasteiger partial charge in [0.25, 0.3) is 0 Å². The van der Waals surface area contributed by atoms with E-state index in [9.17, 15) is 14.7 Å². The van der Waals surface area contributed by atoms with Crippen molar-refractivity contribution in [2.24, 2.45) is 17.3 Å². The molecule has 102 valence electrons. The Hall–Kier alpha value is -1.32. The number of ether oxygens (including phenoxy) is 1. The highest BCUT2D eigenvalue weighted by molar-refractivity contribution is 5.80. The van der Waals surface area contributed by atoms with Crippen LogP contribution in [-0.4, -0.2) is 23.7 Å². The lowest BCUT2D eigenvalue weighted by Crippen LogP contribution is -2.40. The van der Waals surface area contributed by atoms with Crippen LogP contribution >= 0.6 is 0 Å². The molecule has 1 rings (SSSR count). The fourth-order valence-corrected chi connectivity index (χ4v) is 3.12. The van der Waals surface area contributed by atoms with Gasteiger partial charge in [0.15, 0.2) is 0 Å². The number of carbonyl (C=O) groups is 2. The molecule has 1 saturated carbocycles. The summed E-state index contributed by atoms with van der Waals surface area (Å²) in [6.45, 7) is 7.46. The second-order valence-corrected chi connectivity index (χ2v) is 5.00. The van der Waals surface area contributed by atoms with Gasteiger partial charge in [0.1, 0.15) is 0 Å². The van der Waals surface area contributed by atoms with Crippen molar-refractivity contribution in [3.63, 3.8) is 0 Å². The molecule has 0 spiro atoms. The summed E-state index contributed by atoms with van der Waals surface area (Å²) in [5.74, 6) is -1.80. The Morgan fingerprint density at radius 2 is 2.28 bits per heavy atom. The fourth-order valence-electron chi connectivity index (χ4n) is 3.12. The third kappa shape index (κ3) is 2.57. The molecule has 1 aliphatic carbocycles. The standard InChI is InChI=1S/C14H22O4/c1-4-8-14(13(17)18-5-2)9-6-7-11(14)10(3)12(15)16/h4,10-11H,1,5-9H2,2-3H3,(H,15,16)/t10-,11-,14-/m1/s1. The summed E-state index contributed by atoms with van der Waals surface area (Å²) in [7, 11) is 0. The molecule has 1 N–H and O–H groups in total. The molecule has 0 saturated heterocycles. The van der Waals surface area contributed by atoms with Gasteiger partial charge < -0.3 is 9.84 Å². The first kappa shape index (κ1) is 14.7. The molecular formula is C14H22O4. The topological polar surface area (TPSA) is 63.6 Å². The molecule has 1 fully saturated rings. The number of carboxylic acid groups (broad SMARTS) is 1. The van der Waals surface area contributed by atoms with Crippen molar-refractivity contribution in [3.05, 3.63) is 12.7 Å². The largest absolute Gasteiger partial charge is 0.481 e. The molecule has 0 amide bonds. The first-order chi connectivity index (χ1) is 8.49. The van der Waals surface area contributed by atoms with Crippen LogP contribution in [0.1, 0.15) is 39.5 Å². The van der Waals surface area contributed by atoms with Gasteiger partial charge in [0.2, 0.25) is 0 Å². The van der Waals surface area contributed by atoms with Crippen LogP contribution in [0, 0.1) is 17.3 Å². The van der Waals surface area contributed by atoms with Gasteiger partial charge in [-0.25, -0.2) is 0 Å². The van der Waals surface area contributed by atoms with Crippen LogP contribution in [0.25, 0.3) is 0 Å². The maximum atomic E-state index is 12.2. The molecular weight excluding hydrogens is 232 g/mol. The number of allylic oxidation sites excluding steroid dienone is 1. The van der Waals surface area contributed by atoms with Crippen LogP contribution in [0.4, 0.5) is 0 Å². The molecule has 18 heavy (non-hydrogen) atoms. The van der Waals surface area contributed by atoms with E-state index in [0.29, 0.717) is 19.4 Å². The maximum absolute atomic E-state index is 12.2. The van der Waals surface area contributed by atoms with Crippen molar-refractivity contribution in [2.75, 3.05) is 6.61 Å². The molecule has 0 heterocycles. The van der Waals surface area contributed by atoms with E-state index in [1.807, 2.05) is 0 Å². The summed E-state index contributed by atoms with van der Waals surface area (Å²) >= 11 is 0. The van der Waals surface area contributed by atoms with E-state index in [2.05, 4.69) is 6.58 Å². The molecule has 4 nitrogen and oxygen atoms in total. The quantitative estimate of drug-likeness (QED) is 0.584. The number of esters is 1. The minimum Gasteiger partial charge on any atom is -0.481 e. The minimum atomic E-state index is -0.848. The Morgan fingerprint density at radius 3 is 2.78 bits per heavy atom. The second-order valence-electron chi connectivity index (χ2n) is 5.00. The Kier molecular flexibility index (Phi) is 4.93. The first-order valence-corrected chi connectivity index (χ1v) is 6.50. The second kappa shape index (κ2) is 6.03. The molecule has 0 aromatic rings. The zero-order valence-electron chi connectivity index (χ0n) is 11.1. The number of rotatable bonds is 6. The van der Waals surface area contributed by atoms with E-state index in [1.165, 1.54) is 0 Å². The Bertz CT molecular complexity index is 337. The monoisotopic (exact) mass is 254 g/mol. The Labute approximate surface area is 108 Å². The highest BCUT2D eigenvalue weighted by atomic mass is 16.5. The molecule has 0 bridgehead atoms. The summed E-state index contributed by atoms with van der Waals surface area (Å²) in [5, 5.41) is 9.18. The van der Waals surface area contributed by atoms with Crippen molar-refractivity contribution in [3.8, 4) is 0 Å². The predicted octanol–water partition coefficient (Wildman–Crippen LogP) is 2.63. The van der Waals surface area contributed by atoms with Crippen LogP contribution in [0.15, 0.2) is 12.7 Å². The van der Waals surface area contributed by atoms with Crippen LogP contribution in [-0.2, 0) is 14.3 Å². The van der Waals surface area contributed by atoms with Gasteiger partial charge in [0, 0.05) is 0 Å². The van der Waals surface area contributed by atoms with E-state index in [-0.39, 0.29) is 11.9 Å². The third-order valence-electron chi connectivity index (χ3n) is 4.03. The molecule has 3 atom stereocenters. The lowest BCUT2D eigenvalue weighted by atomic mass is 9.70. The van der Waals surface area contributed by atoms with E-state index >= 15 is 0 Å². The van der Waals surface area contributed by atoms with Crippen molar-refractivity contribution >= 4 is 11.9 Å². The third-order valence-corrected chi connectivity index (χ3v) is 4.03. The lowest BCUT2D eigenvalue weighted by Gasteiger charge is -2.34. The smallest absolute Gasteiger partial charge is 0.312 e. The number of hydrogen-bond donors (Lipinski definition) is 1. The SMILES string of the molecule is C=CC[C@@]1(C(=O)OCC)CCC[C@@H]1[C@@H](C)C(=O)O. The Morgan fingerprint density at radius 1 is 1.61 bits per heavy atom. The molecule has 0 radical (unpaired) electrons. The molecule has 0 aromatic heterocycles. The zero-order chi connectivity index (χ0) is 13.8. The summed E-state index contributed by atoms with van der Waals surface area (Å²) < 4.78 is 5.16. The highest BCUT2D eigenvalue weighted by Crippen LogP contribution is 2.50. The van der Waals surface area contributed by atoms with E-state index < -0.39 is 17.3 Å². The predicted molar refractivity (Wildman–Crippen MR) is 68.0 cm³/mol. The van der Waals surface area contributed by atoms with Gasteiger partial charge in [0.05, 0.1) is 17.9 Å². The number of carbonyl (C=O) groups excluding carboxylic acids is 1. The molecule has 0 aliphatic heterocycles. The molecule has 1 aliphatic rings. The lowest BCUT2D eigenvalue weighted by molar-refractivity contribution is -0.161. The number of aliphatic carboxylic acids is 1. The average molecular weight is 254 g/mol. The van der Waals surface area contributed by atoms with Crippen molar-refractivity contribution in [1.29, 1.82) is 0 Å². The van der Waals surface area contributed by atoms with Crippen molar-refractivity contribution in [1.82, 2.24) is 0 Å². The maximum Gasteiger partial charge on any atom is 0.312 e. The summed E-state index contributed by atoms with van der Waals surface area (Å²) in [6.07, 6.45) is 4.52. The molecule has 0 aromatic carbocycles. The number of hydrogen-bond acceptors (Lipinski definition) is 3. The van der Waals surface area contributed by atoms with E-state index in [0.717, 1.165) is 12.8 Å². The van der Waals surface area contributed by atoms with E-state index in [4.69, 9.17) is 4.74 Å². The van der Waals surface area contributed by atoms with Gasteiger partial charge in [-0.2, -0.15) is 0 Å². The van der Waals surface area contributed by atoms with Gasteiger partial charge in [-0.05, 0) is 32.1 Å². The summed E-state index contributed by atoms with van der Waals surface area (Å²) in [6, 6.07) is 0. The van der Waals surface area contributed by atoms with Crippen LogP contribution < -0.4 is 0 Å². The minimum absolute atomic E-state index is 0.160. The van der Waals surface area contributed by atoms with E-state index in [1.54, 1.807) is 19.9 Å². The fraction of sp³-hybridized carbons (Fsp3) is 0.714. The summed E-state index contributed by atoms with van der Waals surface area (Å²) in [4.78, 5) is 23.4. The van der Waals surface area contributed by atoms with Gasteiger partial charge in [-0.15, -0.1) is 6.58 Å². The van der Waals surface area contributed by atoms with Gasteiger partial charge in [-0.3, -0.25) is 9.59 Å². The van der Waals surface area contributed by atoms with Crippen molar-refractivity contribution in [2.45, 2.75) is 39.5 Å². The van der Waals surface area contributed by atoms with Crippen LogP contribution in [0.2, 0.25) is 0 Å². The van der Waals surface area contributed by atoms with Crippen molar-refractivity contribution < 1.29 is 19.4 Å². The summed E-state index contributed by atoms with van der Waals surface area (Å²) in [5.41, 5.74) is -0.685. The normalized spacial score (nSPS) is 28.7. The van der Waals surface area contributed by atoms with Gasteiger partial charge in [-0.1, -0.05) is 19.4 Å². The van der Waals surface area contributed by atoms with Gasteiger partial charge >= 0.3 is 11.9 Å². The molecule has 0 unspecified atom stereocenters. The van der Waals surface area contributed by atoms with Crippen LogP contribution in [0.3, 0.4) is 0 Å². The molecule has 4 heteroatoms. The van der Waals surface area contributed by atoms with Crippen LogP contribution in [0.5, 0.6) is 0 Å². The zero-order valence-corrected chi connectivity index (χ0v) is 11.1. The first-order valence-electron chi connectivity index (χ1n) is 6.50. The Balaban J connectivity index is 3.03. The highest BCUT2D eigenvalue weighted by Gasteiger charge is 2.52. The number of carboxylic acids is 1. The average Bonchev–Trinajstić information content (AvgIpc) is 2.73.